The first-order chi connectivity index (χ1) is 9.17. The van der Waals surface area contributed by atoms with Crippen molar-refractivity contribution in [2.75, 3.05) is 24.6 Å². The van der Waals surface area contributed by atoms with Crippen molar-refractivity contribution in [3.05, 3.63) is 16.8 Å². The molecule has 4 nitrogen and oxygen atoms in total. The third kappa shape index (κ3) is 2.44. The Morgan fingerprint density at radius 1 is 1.47 bits per heavy atom. The summed E-state index contributed by atoms with van der Waals surface area (Å²) in [6.45, 7) is 8.86. The fourth-order valence-corrected chi connectivity index (χ4v) is 3.49. The zero-order chi connectivity index (χ0) is 13.4. The first-order valence-electron chi connectivity index (χ1n) is 6.81. The number of ether oxygens (including phenoxy) is 1. The van der Waals surface area contributed by atoms with Gasteiger partial charge in [0.2, 0.25) is 0 Å². The van der Waals surface area contributed by atoms with Gasteiger partial charge in [0, 0.05) is 18.0 Å². The molecule has 1 fully saturated rings. The molecule has 0 aromatic carbocycles. The van der Waals surface area contributed by atoms with Crippen molar-refractivity contribution in [2.24, 2.45) is 0 Å². The Kier molecular flexibility index (Phi) is 3.41. The Morgan fingerprint density at radius 3 is 3.05 bits per heavy atom. The van der Waals surface area contributed by atoms with Crippen LogP contribution in [0.5, 0.6) is 0 Å². The highest BCUT2D eigenvalue weighted by atomic mass is 32.1. The van der Waals surface area contributed by atoms with Crippen LogP contribution >= 0.6 is 11.3 Å². The number of fused-ring (bicyclic) bond motifs is 1. The number of aromatic nitrogens is 2. The van der Waals surface area contributed by atoms with Crippen LogP contribution in [-0.2, 0) is 11.2 Å². The molecule has 3 rings (SSSR count). The van der Waals surface area contributed by atoms with Gasteiger partial charge in [-0.05, 0) is 26.3 Å². The lowest BCUT2D eigenvalue weighted by atomic mass is 10.2. The van der Waals surface area contributed by atoms with Crippen LogP contribution in [0.1, 0.15) is 24.5 Å². The standard InChI is InChI=1S/C14H19N3OS/c1-4-11-7-12-13(15-10(3)16-14(12)19-11)17-5-6-18-9(2)8-17/h7,9H,4-6,8H2,1-3H3/t9-/m0/s1. The van der Waals surface area contributed by atoms with Gasteiger partial charge in [0.25, 0.3) is 0 Å². The first kappa shape index (κ1) is 12.8. The molecule has 0 spiro atoms. The van der Waals surface area contributed by atoms with E-state index in [1.807, 2.05) is 6.92 Å². The van der Waals surface area contributed by atoms with E-state index in [9.17, 15) is 0 Å². The largest absolute Gasteiger partial charge is 0.375 e. The minimum Gasteiger partial charge on any atom is -0.375 e. The molecule has 1 aliphatic heterocycles. The van der Waals surface area contributed by atoms with Gasteiger partial charge in [-0.25, -0.2) is 9.97 Å². The minimum absolute atomic E-state index is 0.267. The van der Waals surface area contributed by atoms with Gasteiger partial charge in [-0.15, -0.1) is 11.3 Å². The number of anilines is 1. The summed E-state index contributed by atoms with van der Waals surface area (Å²) in [7, 11) is 0. The maximum Gasteiger partial charge on any atom is 0.141 e. The number of thiophene rings is 1. The van der Waals surface area contributed by atoms with E-state index in [2.05, 4.69) is 34.8 Å². The third-order valence-electron chi connectivity index (χ3n) is 3.42. The van der Waals surface area contributed by atoms with Gasteiger partial charge in [0.05, 0.1) is 18.1 Å². The Balaban J connectivity index is 2.08. The van der Waals surface area contributed by atoms with Crippen molar-refractivity contribution in [3.63, 3.8) is 0 Å². The molecule has 0 N–H and O–H groups in total. The van der Waals surface area contributed by atoms with Gasteiger partial charge in [-0.2, -0.15) is 0 Å². The molecule has 2 aromatic heterocycles. The molecule has 0 aliphatic carbocycles. The lowest BCUT2D eigenvalue weighted by molar-refractivity contribution is 0.0530. The summed E-state index contributed by atoms with van der Waals surface area (Å²) in [6, 6.07) is 2.24. The van der Waals surface area contributed by atoms with Gasteiger partial charge in [-0.1, -0.05) is 6.92 Å². The monoisotopic (exact) mass is 277 g/mol. The van der Waals surface area contributed by atoms with Gasteiger partial charge in [0.15, 0.2) is 0 Å². The quantitative estimate of drug-likeness (QED) is 0.846. The molecule has 0 bridgehead atoms. The lowest BCUT2D eigenvalue weighted by Crippen LogP contribution is -2.41. The number of morpholine rings is 1. The fourth-order valence-electron chi connectivity index (χ4n) is 2.49. The molecule has 5 heteroatoms. The number of aryl methyl sites for hydroxylation is 2. The average molecular weight is 277 g/mol. The second-order valence-electron chi connectivity index (χ2n) is 5.01. The van der Waals surface area contributed by atoms with Crippen LogP contribution in [-0.4, -0.2) is 35.8 Å². The molecule has 0 radical (unpaired) electrons. The van der Waals surface area contributed by atoms with E-state index < -0.39 is 0 Å². The molecule has 0 amide bonds. The van der Waals surface area contributed by atoms with Crippen LogP contribution in [0, 0.1) is 6.92 Å². The molecule has 19 heavy (non-hydrogen) atoms. The highest BCUT2D eigenvalue weighted by molar-refractivity contribution is 7.18. The van der Waals surface area contributed by atoms with Gasteiger partial charge >= 0.3 is 0 Å². The summed E-state index contributed by atoms with van der Waals surface area (Å²) in [5.41, 5.74) is 0. The average Bonchev–Trinajstić information content (AvgIpc) is 2.80. The highest BCUT2D eigenvalue weighted by Crippen LogP contribution is 2.32. The fraction of sp³-hybridized carbons (Fsp3) is 0.571. The summed E-state index contributed by atoms with van der Waals surface area (Å²) in [5.74, 6) is 1.93. The maximum absolute atomic E-state index is 5.62. The predicted octanol–water partition coefficient (Wildman–Crippen LogP) is 2.79. The van der Waals surface area contributed by atoms with Gasteiger partial charge in [0.1, 0.15) is 16.5 Å². The van der Waals surface area contributed by atoms with E-state index in [1.165, 1.54) is 10.3 Å². The summed E-state index contributed by atoms with van der Waals surface area (Å²) >= 11 is 1.78. The Hall–Kier alpha value is -1.20. The molecular formula is C14H19N3OS. The summed E-state index contributed by atoms with van der Waals surface area (Å²) in [5, 5.41) is 1.20. The molecule has 0 unspecified atom stereocenters. The Bertz CT molecular complexity index is 596. The van der Waals surface area contributed by atoms with Gasteiger partial charge in [-0.3, -0.25) is 0 Å². The SMILES string of the molecule is CCc1cc2c(N3CCO[C@@H](C)C3)nc(C)nc2s1. The van der Waals surface area contributed by atoms with Crippen molar-refractivity contribution in [1.29, 1.82) is 0 Å². The molecule has 1 saturated heterocycles. The van der Waals surface area contributed by atoms with Crippen LogP contribution in [0.15, 0.2) is 6.07 Å². The van der Waals surface area contributed by atoms with Crippen LogP contribution in [0.2, 0.25) is 0 Å². The molecule has 1 aliphatic rings. The lowest BCUT2D eigenvalue weighted by Gasteiger charge is -2.32. The van der Waals surface area contributed by atoms with Crippen molar-refractivity contribution in [3.8, 4) is 0 Å². The molecule has 1 atom stereocenters. The second-order valence-corrected chi connectivity index (χ2v) is 6.12. The topological polar surface area (TPSA) is 38.2 Å². The summed E-state index contributed by atoms with van der Waals surface area (Å²) in [6.07, 6.45) is 1.32. The van der Waals surface area contributed by atoms with Crippen molar-refractivity contribution >= 4 is 27.4 Å². The van der Waals surface area contributed by atoms with E-state index in [0.29, 0.717) is 0 Å². The second kappa shape index (κ2) is 5.06. The van der Waals surface area contributed by atoms with Crippen molar-refractivity contribution in [1.82, 2.24) is 9.97 Å². The summed E-state index contributed by atoms with van der Waals surface area (Å²) < 4.78 is 5.62. The van der Waals surface area contributed by atoms with E-state index in [0.717, 1.165) is 42.6 Å². The number of nitrogens with zero attached hydrogens (tertiary/aromatic N) is 3. The van der Waals surface area contributed by atoms with E-state index >= 15 is 0 Å². The van der Waals surface area contributed by atoms with E-state index in [1.54, 1.807) is 11.3 Å². The predicted molar refractivity (Wildman–Crippen MR) is 79.2 cm³/mol. The number of hydrogen-bond donors (Lipinski definition) is 0. The van der Waals surface area contributed by atoms with Crippen molar-refractivity contribution < 1.29 is 4.74 Å². The Labute approximate surface area is 117 Å². The molecule has 2 aromatic rings. The third-order valence-corrected chi connectivity index (χ3v) is 4.60. The number of rotatable bonds is 2. The van der Waals surface area contributed by atoms with Crippen LogP contribution in [0.4, 0.5) is 5.82 Å². The smallest absolute Gasteiger partial charge is 0.141 e. The highest BCUT2D eigenvalue weighted by Gasteiger charge is 2.21. The zero-order valence-electron chi connectivity index (χ0n) is 11.6. The maximum atomic E-state index is 5.62. The summed E-state index contributed by atoms with van der Waals surface area (Å²) in [4.78, 5) is 14.1. The minimum atomic E-state index is 0.267. The van der Waals surface area contributed by atoms with Gasteiger partial charge < -0.3 is 9.64 Å². The molecular weight excluding hydrogens is 258 g/mol. The van der Waals surface area contributed by atoms with Crippen LogP contribution in [0.25, 0.3) is 10.2 Å². The Morgan fingerprint density at radius 2 is 2.32 bits per heavy atom. The molecule has 0 saturated carbocycles. The van der Waals surface area contributed by atoms with Crippen LogP contribution < -0.4 is 4.90 Å². The van der Waals surface area contributed by atoms with Crippen LogP contribution in [0.3, 0.4) is 0 Å². The van der Waals surface area contributed by atoms with E-state index in [4.69, 9.17) is 4.74 Å². The van der Waals surface area contributed by atoms with E-state index in [-0.39, 0.29) is 6.10 Å². The van der Waals surface area contributed by atoms with Crippen molar-refractivity contribution in [2.45, 2.75) is 33.3 Å². The molecule has 102 valence electrons. The zero-order valence-corrected chi connectivity index (χ0v) is 12.5. The number of hydrogen-bond acceptors (Lipinski definition) is 5. The normalized spacial score (nSPS) is 20.2. The first-order valence-corrected chi connectivity index (χ1v) is 7.62. The molecule has 3 heterocycles.